The largest absolute Gasteiger partial charge is 0.493 e. The van der Waals surface area contributed by atoms with Gasteiger partial charge in [0.1, 0.15) is 11.6 Å². The van der Waals surface area contributed by atoms with E-state index in [2.05, 4.69) is 28.5 Å². The maximum atomic E-state index is 12.5. The summed E-state index contributed by atoms with van der Waals surface area (Å²) in [6.07, 6.45) is 1.37. The highest BCUT2D eigenvalue weighted by atomic mass is 32.2. The number of nitrogens with one attached hydrogen (secondary N) is 1. The summed E-state index contributed by atoms with van der Waals surface area (Å²) in [5, 5.41) is 12.9. The van der Waals surface area contributed by atoms with E-state index in [-0.39, 0.29) is 22.8 Å². The molecule has 2 aromatic rings. The van der Waals surface area contributed by atoms with Crippen LogP contribution in [0.15, 0.2) is 22.9 Å². The first-order valence-electron chi connectivity index (χ1n) is 9.11. The van der Waals surface area contributed by atoms with Crippen LogP contribution in [0.1, 0.15) is 26.3 Å². The van der Waals surface area contributed by atoms with Gasteiger partial charge in [-0.15, -0.1) is 0 Å². The van der Waals surface area contributed by atoms with Crippen molar-refractivity contribution in [2.24, 2.45) is 5.92 Å². The smallest absolute Gasteiger partial charge is 0.308 e. The number of carbonyl (C=O) groups is 2. The van der Waals surface area contributed by atoms with E-state index in [1.54, 1.807) is 0 Å². The van der Waals surface area contributed by atoms with Crippen molar-refractivity contribution in [3.63, 3.8) is 0 Å². The zero-order valence-corrected chi connectivity index (χ0v) is 19.3. The molecule has 0 fully saturated rings. The van der Waals surface area contributed by atoms with Crippen LogP contribution < -0.4 is 19.5 Å². The Balaban J connectivity index is 2.25. The van der Waals surface area contributed by atoms with E-state index in [9.17, 15) is 14.9 Å². The molecule has 0 atom stereocenters. The first-order valence-corrected chi connectivity index (χ1v) is 10.9. The second-order valence-corrected chi connectivity index (χ2v) is 8.30. The molecular formula is C20H22N4O5S2. The molecule has 1 amide bonds. The predicted octanol–water partition coefficient (Wildman–Crippen LogP) is 3.77. The third-order valence-electron chi connectivity index (χ3n) is 3.58. The summed E-state index contributed by atoms with van der Waals surface area (Å²) in [4.78, 5) is 28.1. The second kappa shape index (κ2) is 11.3. The fraction of sp³-hybridized carbons (Fsp3) is 0.350. The van der Waals surface area contributed by atoms with Crippen LogP contribution in [0.2, 0.25) is 0 Å². The molecule has 1 heterocycles. The highest BCUT2D eigenvalue weighted by Crippen LogP contribution is 2.39. The molecule has 11 heteroatoms. The topological polar surface area (TPSA) is 123 Å². The summed E-state index contributed by atoms with van der Waals surface area (Å²) in [7, 11) is 2.80. The second-order valence-electron chi connectivity index (χ2n) is 6.56. The lowest BCUT2D eigenvalue weighted by Crippen LogP contribution is -2.13. The normalized spacial score (nSPS) is 11.1. The lowest BCUT2D eigenvalue weighted by molar-refractivity contribution is -0.132. The molecule has 1 aromatic carbocycles. The summed E-state index contributed by atoms with van der Waals surface area (Å²) in [5.74, 6) is 0.726. The number of hydrogen-bond acceptors (Lipinski definition) is 10. The Labute approximate surface area is 188 Å². The van der Waals surface area contributed by atoms with Crippen LogP contribution in [0.3, 0.4) is 0 Å². The van der Waals surface area contributed by atoms with Crippen molar-refractivity contribution >= 4 is 46.4 Å². The van der Waals surface area contributed by atoms with Crippen LogP contribution in [0, 0.1) is 17.2 Å². The van der Waals surface area contributed by atoms with Crippen LogP contribution in [0.5, 0.6) is 17.2 Å². The number of hydrogen-bond donors (Lipinski definition) is 1. The van der Waals surface area contributed by atoms with E-state index in [4.69, 9.17) is 14.2 Å². The Bertz CT molecular complexity index is 1000. The number of anilines is 1. The molecule has 0 spiro atoms. The van der Waals surface area contributed by atoms with Crippen molar-refractivity contribution in [3.8, 4) is 23.3 Å². The van der Waals surface area contributed by atoms with Crippen molar-refractivity contribution in [1.82, 2.24) is 9.36 Å². The molecule has 164 valence electrons. The van der Waals surface area contributed by atoms with Gasteiger partial charge in [0.05, 0.1) is 14.2 Å². The molecule has 31 heavy (non-hydrogen) atoms. The third kappa shape index (κ3) is 6.97. The zero-order valence-electron chi connectivity index (χ0n) is 17.7. The van der Waals surface area contributed by atoms with E-state index in [0.29, 0.717) is 21.8 Å². The van der Waals surface area contributed by atoms with E-state index >= 15 is 0 Å². The van der Waals surface area contributed by atoms with Gasteiger partial charge in [0.25, 0.3) is 5.91 Å². The van der Waals surface area contributed by atoms with Gasteiger partial charge in [-0.25, -0.2) is 0 Å². The molecule has 0 saturated heterocycles. The van der Waals surface area contributed by atoms with Crippen molar-refractivity contribution in [2.75, 3.05) is 25.3 Å². The number of thioether (sulfide) groups is 1. The molecule has 0 aliphatic rings. The summed E-state index contributed by atoms with van der Waals surface area (Å²) in [6, 6.07) is 4.92. The molecule has 0 aliphatic heterocycles. The maximum Gasteiger partial charge on any atom is 0.308 e. The van der Waals surface area contributed by atoms with Crippen LogP contribution in [0.4, 0.5) is 5.13 Å². The minimum atomic E-state index is -0.624. The quantitative estimate of drug-likeness (QED) is 0.195. The summed E-state index contributed by atoms with van der Waals surface area (Å²) in [5.41, 5.74) is 0.290. The predicted molar refractivity (Wildman–Crippen MR) is 119 cm³/mol. The lowest BCUT2D eigenvalue weighted by atomic mass is 10.1. The first-order chi connectivity index (χ1) is 14.8. The van der Waals surface area contributed by atoms with Gasteiger partial charge in [-0.05, 0) is 29.7 Å². The monoisotopic (exact) mass is 462 g/mol. The van der Waals surface area contributed by atoms with Gasteiger partial charge in [-0.3, -0.25) is 14.9 Å². The number of rotatable bonds is 9. The van der Waals surface area contributed by atoms with Crippen LogP contribution in [-0.4, -0.2) is 41.2 Å². The number of amides is 1. The standard InChI is InChI=1S/C20H22N4O5S2/c1-11(2)10-30-20-23-19(31-24-20)22-18(26)14(9-21)6-13-7-15(27-4)17(29-12(3)25)16(8-13)28-5/h6-8,11H,10H2,1-5H3,(H,22,23,24,26). The molecule has 0 aliphatic carbocycles. The van der Waals surface area contributed by atoms with Crippen molar-refractivity contribution in [1.29, 1.82) is 5.26 Å². The first kappa shape index (κ1) is 24.2. The summed E-state index contributed by atoms with van der Waals surface area (Å²) < 4.78 is 19.8. The average Bonchev–Trinajstić information content (AvgIpc) is 3.17. The SMILES string of the molecule is COc1cc(C=C(C#N)C(=O)Nc2nc(SCC(C)C)ns2)cc(OC)c1OC(C)=O. The van der Waals surface area contributed by atoms with E-state index in [1.807, 2.05) is 6.07 Å². The van der Waals surface area contributed by atoms with Gasteiger partial charge < -0.3 is 14.2 Å². The fourth-order valence-electron chi connectivity index (χ4n) is 2.27. The lowest BCUT2D eigenvalue weighted by Gasteiger charge is -2.13. The Morgan fingerprint density at radius 1 is 1.29 bits per heavy atom. The van der Waals surface area contributed by atoms with Gasteiger partial charge in [0.2, 0.25) is 16.0 Å². The number of ether oxygens (including phenoxy) is 3. The van der Waals surface area contributed by atoms with Crippen LogP contribution in [0.25, 0.3) is 6.08 Å². The number of carbonyl (C=O) groups excluding carboxylic acids is 2. The Morgan fingerprint density at radius 2 is 1.94 bits per heavy atom. The van der Waals surface area contributed by atoms with E-state index < -0.39 is 11.9 Å². The zero-order chi connectivity index (χ0) is 23.0. The van der Waals surface area contributed by atoms with Gasteiger partial charge in [0, 0.05) is 24.2 Å². The minimum Gasteiger partial charge on any atom is -0.493 e. The molecule has 2 rings (SSSR count). The highest BCUT2D eigenvalue weighted by molar-refractivity contribution is 7.99. The van der Waals surface area contributed by atoms with E-state index in [0.717, 1.165) is 17.3 Å². The van der Waals surface area contributed by atoms with Gasteiger partial charge in [-0.2, -0.15) is 14.6 Å². The van der Waals surface area contributed by atoms with Crippen molar-refractivity contribution in [2.45, 2.75) is 25.9 Å². The molecule has 0 saturated carbocycles. The van der Waals surface area contributed by atoms with Crippen LogP contribution in [-0.2, 0) is 9.59 Å². The number of aromatic nitrogens is 2. The average molecular weight is 463 g/mol. The molecule has 9 nitrogen and oxygen atoms in total. The highest BCUT2D eigenvalue weighted by Gasteiger charge is 2.18. The molecule has 1 N–H and O–H groups in total. The Hall–Kier alpha value is -3.10. The van der Waals surface area contributed by atoms with Crippen molar-refractivity contribution < 1.29 is 23.8 Å². The molecular weight excluding hydrogens is 440 g/mol. The van der Waals surface area contributed by atoms with Gasteiger partial charge in [0.15, 0.2) is 11.5 Å². The maximum absolute atomic E-state index is 12.5. The third-order valence-corrected chi connectivity index (χ3v) is 5.60. The number of methoxy groups -OCH3 is 2. The van der Waals surface area contributed by atoms with Crippen LogP contribution >= 0.6 is 23.3 Å². The fourth-order valence-corrected chi connectivity index (χ4v) is 3.76. The molecule has 0 radical (unpaired) electrons. The van der Waals surface area contributed by atoms with E-state index in [1.165, 1.54) is 51.1 Å². The number of esters is 1. The van der Waals surface area contributed by atoms with Gasteiger partial charge in [-0.1, -0.05) is 25.6 Å². The molecule has 1 aromatic heterocycles. The Morgan fingerprint density at radius 3 is 2.45 bits per heavy atom. The number of nitriles is 1. The van der Waals surface area contributed by atoms with Crippen molar-refractivity contribution in [3.05, 3.63) is 23.3 Å². The number of nitrogens with zero attached hydrogens (tertiary/aromatic N) is 3. The summed E-state index contributed by atoms with van der Waals surface area (Å²) >= 11 is 2.54. The molecule has 0 unspecified atom stereocenters. The Kier molecular flexibility index (Phi) is 8.84. The summed E-state index contributed by atoms with van der Waals surface area (Å²) in [6.45, 7) is 5.44. The minimum absolute atomic E-state index is 0.109. The number of benzene rings is 1. The van der Waals surface area contributed by atoms with Gasteiger partial charge >= 0.3 is 5.97 Å². The molecule has 0 bridgehead atoms.